The van der Waals surface area contributed by atoms with E-state index >= 15 is 0 Å². The van der Waals surface area contributed by atoms with Crippen molar-refractivity contribution in [3.05, 3.63) is 29.7 Å². The molecule has 11 nitrogen and oxygen atoms in total. The van der Waals surface area contributed by atoms with Gasteiger partial charge in [0.25, 0.3) is 0 Å². The third-order valence-electron chi connectivity index (χ3n) is 6.52. The lowest BCUT2D eigenvalue weighted by Crippen LogP contribution is -2.53. The van der Waals surface area contributed by atoms with Gasteiger partial charge in [0.15, 0.2) is 16.8 Å². The Bertz CT molecular complexity index is 1290. The van der Waals surface area contributed by atoms with Gasteiger partial charge in [0.2, 0.25) is 0 Å². The van der Waals surface area contributed by atoms with Gasteiger partial charge in [0, 0.05) is 13.5 Å². The molecule has 0 bridgehead atoms. The lowest BCUT2D eigenvalue weighted by Gasteiger charge is -2.30. The van der Waals surface area contributed by atoms with Crippen molar-refractivity contribution in [3.8, 4) is 0 Å². The maximum Gasteiger partial charge on any atom is 0.416 e. The molecule has 0 aromatic carbocycles. The summed E-state index contributed by atoms with van der Waals surface area (Å²) in [6.07, 6.45) is -8.67. The van der Waals surface area contributed by atoms with Gasteiger partial charge in [-0.15, -0.1) is 0 Å². The average molecular weight is 613 g/mol. The first-order valence-corrected chi connectivity index (χ1v) is 12.8. The average Bonchev–Trinajstić information content (AvgIpc) is 3.38. The largest absolute Gasteiger partial charge is 0.444 e. The van der Waals surface area contributed by atoms with E-state index in [1.807, 2.05) is 5.32 Å². The number of methoxy groups -OCH3 is 1. The van der Waals surface area contributed by atoms with E-state index in [1.165, 1.54) is 30.1 Å². The van der Waals surface area contributed by atoms with Crippen LogP contribution in [0.1, 0.15) is 58.8 Å². The first kappa shape index (κ1) is 33.2. The summed E-state index contributed by atoms with van der Waals surface area (Å²) in [6.45, 7) is 6.12. The molecule has 1 aliphatic rings. The second-order valence-corrected chi connectivity index (χ2v) is 11.6. The Kier molecular flexibility index (Phi) is 8.99. The smallest absolute Gasteiger partial charge is 0.416 e. The maximum atomic E-state index is 13.5. The number of carbonyl (C=O) groups is 2. The molecule has 0 spiro atoms. The Morgan fingerprint density at radius 2 is 1.81 bits per heavy atom. The fraction of sp³-hybridized carbons (Fsp3) is 0.680. The third-order valence-corrected chi connectivity index (χ3v) is 6.52. The summed E-state index contributed by atoms with van der Waals surface area (Å²) in [6, 6.07) is -0.604. The summed E-state index contributed by atoms with van der Waals surface area (Å²) in [5.74, 6) is 0. The van der Waals surface area contributed by atoms with Crippen molar-refractivity contribution >= 4 is 17.8 Å². The van der Waals surface area contributed by atoms with E-state index in [4.69, 9.17) is 14.2 Å². The molecule has 0 aliphatic carbocycles. The molecule has 3 heterocycles. The fourth-order valence-corrected chi connectivity index (χ4v) is 3.91. The zero-order valence-corrected chi connectivity index (χ0v) is 24.1. The molecule has 3 amide bonds. The zero-order chi connectivity index (χ0) is 31.9. The van der Waals surface area contributed by atoms with E-state index in [0.717, 1.165) is 25.7 Å². The molecule has 17 heteroatoms. The van der Waals surface area contributed by atoms with Crippen molar-refractivity contribution in [1.29, 1.82) is 0 Å². The summed E-state index contributed by atoms with van der Waals surface area (Å²) >= 11 is 0. The molecular weight excluding hydrogens is 578 g/mol. The molecule has 1 saturated heterocycles. The molecule has 0 saturated carbocycles. The summed E-state index contributed by atoms with van der Waals surface area (Å²) < 4.78 is 97.5. The van der Waals surface area contributed by atoms with Crippen LogP contribution >= 0.6 is 0 Å². The number of alkyl carbamates (subject to hydrolysis) is 1. The fourth-order valence-electron chi connectivity index (χ4n) is 3.91. The van der Waals surface area contributed by atoms with Crippen LogP contribution in [0.5, 0.6) is 0 Å². The van der Waals surface area contributed by atoms with Crippen molar-refractivity contribution < 1.29 is 50.1 Å². The molecule has 2 N–H and O–H groups in total. The number of aromatic nitrogens is 3. The molecule has 3 rings (SSSR count). The summed E-state index contributed by atoms with van der Waals surface area (Å²) in [5.41, 5.74) is -5.14. The normalized spacial score (nSPS) is 20.0. The molecule has 1 fully saturated rings. The highest BCUT2D eigenvalue weighted by Crippen LogP contribution is 2.36. The van der Waals surface area contributed by atoms with E-state index in [0.29, 0.717) is 5.56 Å². The molecule has 236 valence electrons. The number of hydrogen-bond acceptors (Lipinski definition) is 7. The van der Waals surface area contributed by atoms with Crippen LogP contribution in [0.4, 0.5) is 35.9 Å². The van der Waals surface area contributed by atoms with Crippen molar-refractivity contribution in [2.45, 2.75) is 89.3 Å². The van der Waals surface area contributed by atoms with Gasteiger partial charge in [-0.05, 0) is 53.2 Å². The molecule has 1 unspecified atom stereocenters. The highest BCUT2D eigenvalue weighted by molar-refractivity contribution is 5.78. The third kappa shape index (κ3) is 7.53. The van der Waals surface area contributed by atoms with Gasteiger partial charge in [-0.25, -0.2) is 19.1 Å². The molecule has 42 heavy (non-hydrogen) atoms. The Hall–Kier alpha value is -3.34. The lowest BCUT2D eigenvalue weighted by atomic mass is 10.0. The maximum absolute atomic E-state index is 13.5. The van der Waals surface area contributed by atoms with E-state index in [-0.39, 0.29) is 17.8 Å². The second kappa shape index (κ2) is 11.4. The van der Waals surface area contributed by atoms with Crippen LogP contribution in [0.25, 0.3) is 5.65 Å². The zero-order valence-electron chi connectivity index (χ0n) is 24.1. The topological polar surface area (TPSA) is 119 Å². The predicted octanol–water partition coefficient (Wildman–Crippen LogP) is 4.51. The number of urea groups is 1. The van der Waals surface area contributed by atoms with Crippen LogP contribution in [0.2, 0.25) is 0 Å². The standard InChI is InChI=1S/C25H34F6N6O5/c1-21(2,3)42-20(39)34-16(12-41-22(4,5)24(26,27)28)15-11-37-17(33-15)8-14(10-32-37)9-18(40-7)36-13-23(6,25(29,30)31)35-19(36)38/h8,10-11,16,18H,9,12-13H2,1-7H3,(H,34,39)(H,35,38)/t16-,18?,23-/m0/s1. The van der Waals surface area contributed by atoms with Crippen molar-refractivity contribution in [2.24, 2.45) is 0 Å². The van der Waals surface area contributed by atoms with Crippen LogP contribution in [-0.2, 0) is 20.6 Å². The van der Waals surface area contributed by atoms with E-state index in [9.17, 15) is 35.9 Å². The number of hydrogen-bond donors (Lipinski definition) is 2. The SMILES string of the molecule is COC(Cc1cnn2cc([C@H](COC(C)(C)C(F)(F)F)NC(=O)OC(C)(C)C)nc2c1)N1C[C@@](C)(C(F)(F)F)NC1=O. The van der Waals surface area contributed by atoms with Crippen LogP contribution in [0.15, 0.2) is 18.5 Å². The van der Waals surface area contributed by atoms with Gasteiger partial charge in [-0.3, -0.25) is 4.90 Å². The lowest BCUT2D eigenvalue weighted by molar-refractivity contribution is -0.265. The first-order valence-electron chi connectivity index (χ1n) is 12.8. The number of ether oxygens (including phenoxy) is 3. The van der Waals surface area contributed by atoms with Crippen molar-refractivity contribution in [3.63, 3.8) is 0 Å². The van der Waals surface area contributed by atoms with Gasteiger partial charge in [-0.2, -0.15) is 31.4 Å². The number of nitrogens with one attached hydrogen (secondary N) is 2. The van der Waals surface area contributed by atoms with E-state index < -0.39 is 66.6 Å². The number of imidazole rings is 1. The number of halogens is 6. The molecule has 2 aromatic rings. The summed E-state index contributed by atoms with van der Waals surface area (Å²) in [7, 11) is 1.25. The molecular formula is C25H34F6N6O5. The number of nitrogens with zero attached hydrogens (tertiary/aromatic N) is 4. The minimum Gasteiger partial charge on any atom is -0.444 e. The van der Waals surface area contributed by atoms with Crippen molar-refractivity contribution in [2.75, 3.05) is 20.3 Å². The number of rotatable bonds is 9. The van der Waals surface area contributed by atoms with Crippen LogP contribution in [0.3, 0.4) is 0 Å². The van der Waals surface area contributed by atoms with Crippen LogP contribution in [-0.4, -0.2) is 87.2 Å². The Morgan fingerprint density at radius 3 is 2.33 bits per heavy atom. The molecule has 0 radical (unpaired) electrons. The molecule has 1 aliphatic heterocycles. The number of fused-ring (bicyclic) bond motifs is 1. The predicted molar refractivity (Wildman–Crippen MR) is 135 cm³/mol. The Labute approximate surface area is 237 Å². The van der Waals surface area contributed by atoms with Gasteiger partial charge >= 0.3 is 24.5 Å². The van der Waals surface area contributed by atoms with Gasteiger partial charge in [0.1, 0.15) is 11.8 Å². The number of alkyl halides is 6. The van der Waals surface area contributed by atoms with Crippen molar-refractivity contribution in [1.82, 2.24) is 30.1 Å². The monoisotopic (exact) mass is 612 g/mol. The van der Waals surface area contributed by atoms with Crippen LogP contribution < -0.4 is 10.6 Å². The van der Waals surface area contributed by atoms with Gasteiger partial charge < -0.3 is 24.8 Å². The van der Waals surface area contributed by atoms with Crippen LogP contribution in [0, 0.1) is 0 Å². The minimum atomic E-state index is -4.69. The second-order valence-electron chi connectivity index (χ2n) is 11.6. The first-order chi connectivity index (χ1) is 19.0. The highest BCUT2D eigenvalue weighted by atomic mass is 19.4. The molecule has 3 atom stereocenters. The number of carbonyl (C=O) groups excluding carboxylic acids is 2. The Balaban J connectivity index is 1.85. The van der Waals surface area contributed by atoms with E-state index in [1.54, 1.807) is 20.8 Å². The summed E-state index contributed by atoms with van der Waals surface area (Å²) in [5, 5.41) is 8.63. The quantitative estimate of drug-likeness (QED) is 0.400. The minimum absolute atomic E-state index is 0.0496. The Morgan fingerprint density at radius 1 is 1.17 bits per heavy atom. The van der Waals surface area contributed by atoms with Gasteiger partial charge in [-0.1, -0.05) is 0 Å². The van der Waals surface area contributed by atoms with E-state index in [2.05, 4.69) is 15.4 Å². The van der Waals surface area contributed by atoms with Gasteiger partial charge in [0.05, 0.1) is 37.3 Å². The highest BCUT2D eigenvalue weighted by Gasteiger charge is 2.58. The molecule has 2 aromatic heterocycles. The number of amides is 3. The summed E-state index contributed by atoms with van der Waals surface area (Å²) in [4.78, 5) is 30.1.